The molecule has 0 aliphatic carbocycles. The summed E-state index contributed by atoms with van der Waals surface area (Å²) < 4.78 is 21.3. The van der Waals surface area contributed by atoms with Crippen molar-refractivity contribution in [1.82, 2.24) is 14.8 Å². The van der Waals surface area contributed by atoms with Gasteiger partial charge in [0.05, 0.1) is 12.6 Å². The van der Waals surface area contributed by atoms with Crippen LogP contribution in [-0.2, 0) is 20.1 Å². The second-order valence-electron chi connectivity index (χ2n) is 6.06. The first kappa shape index (κ1) is 17.8. The number of carbonyl (C=O) groups excluding carboxylic acids is 1. The van der Waals surface area contributed by atoms with Crippen LogP contribution in [0.5, 0.6) is 5.75 Å². The number of rotatable bonds is 6. The van der Waals surface area contributed by atoms with E-state index in [-0.39, 0.29) is 24.4 Å². The molecule has 1 aromatic carbocycles. The number of aromatic nitrogens is 1. The lowest BCUT2D eigenvalue weighted by molar-refractivity contribution is 0.205. The van der Waals surface area contributed by atoms with Gasteiger partial charge in [0, 0.05) is 32.5 Å². The number of carbonyl (C=O) groups is 1. The highest BCUT2D eigenvalue weighted by Crippen LogP contribution is 2.19. The number of urea groups is 1. The average Bonchev–Trinajstić information content (AvgIpc) is 2.92. The van der Waals surface area contributed by atoms with Crippen molar-refractivity contribution in [2.24, 2.45) is 7.05 Å². The fourth-order valence-electron chi connectivity index (χ4n) is 2.29. The van der Waals surface area contributed by atoms with E-state index in [9.17, 15) is 9.18 Å². The summed E-state index contributed by atoms with van der Waals surface area (Å²) in [6.07, 6.45) is 1.85. The number of hydrogen-bond acceptors (Lipinski definition) is 2. The van der Waals surface area contributed by atoms with Crippen molar-refractivity contribution in [2.75, 3.05) is 7.05 Å². The molecule has 0 unspecified atom stereocenters. The molecule has 0 saturated heterocycles. The Balaban J connectivity index is 1.89. The molecule has 5 nitrogen and oxygen atoms in total. The Bertz CT molecular complexity index is 697. The molecule has 0 saturated carbocycles. The molecule has 0 aliphatic heterocycles. The van der Waals surface area contributed by atoms with Crippen molar-refractivity contribution < 1.29 is 13.9 Å². The second-order valence-corrected chi connectivity index (χ2v) is 6.06. The van der Waals surface area contributed by atoms with E-state index in [2.05, 4.69) is 5.32 Å². The number of aryl methyl sites for hydroxylation is 1. The Hall–Kier alpha value is -2.50. The summed E-state index contributed by atoms with van der Waals surface area (Å²) in [4.78, 5) is 13.7. The van der Waals surface area contributed by atoms with Crippen molar-refractivity contribution in [1.29, 1.82) is 0 Å². The van der Waals surface area contributed by atoms with E-state index in [0.29, 0.717) is 12.1 Å². The third-order valence-corrected chi connectivity index (χ3v) is 3.60. The number of hydrogen-bond donors (Lipinski definition) is 1. The van der Waals surface area contributed by atoms with Crippen LogP contribution in [-0.4, -0.2) is 28.6 Å². The molecule has 1 heterocycles. The van der Waals surface area contributed by atoms with Crippen LogP contribution < -0.4 is 10.1 Å². The van der Waals surface area contributed by atoms with Crippen molar-refractivity contribution in [2.45, 2.75) is 33.0 Å². The largest absolute Gasteiger partial charge is 0.488 e. The molecule has 1 aromatic heterocycles. The van der Waals surface area contributed by atoms with Gasteiger partial charge < -0.3 is 19.5 Å². The Morgan fingerprint density at radius 1 is 1.38 bits per heavy atom. The van der Waals surface area contributed by atoms with Gasteiger partial charge in [0.25, 0.3) is 0 Å². The molecule has 0 fully saturated rings. The van der Waals surface area contributed by atoms with Gasteiger partial charge in [0.15, 0.2) is 11.6 Å². The minimum Gasteiger partial charge on any atom is -0.488 e. The molecule has 130 valence electrons. The van der Waals surface area contributed by atoms with Crippen LogP contribution in [0.2, 0.25) is 0 Å². The molecular formula is C18H24FN3O2. The third kappa shape index (κ3) is 4.75. The van der Waals surface area contributed by atoms with Gasteiger partial charge in [-0.25, -0.2) is 9.18 Å². The van der Waals surface area contributed by atoms with Crippen LogP contribution in [0.3, 0.4) is 0 Å². The van der Waals surface area contributed by atoms with Gasteiger partial charge in [-0.1, -0.05) is 6.07 Å². The van der Waals surface area contributed by atoms with E-state index in [1.807, 2.05) is 43.8 Å². The number of benzene rings is 1. The first-order valence-corrected chi connectivity index (χ1v) is 7.91. The Morgan fingerprint density at radius 2 is 2.12 bits per heavy atom. The molecule has 2 amide bonds. The van der Waals surface area contributed by atoms with Crippen LogP contribution >= 0.6 is 0 Å². The smallest absolute Gasteiger partial charge is 0.317 e. The molecule has 0 bridgehead atoms. The van der Waals surface area contributed by atoms with Gasteiger partial charge >= 0.3 is 6.03 Å². The lowest BCUT2D eigenvalue weighted by atomic mass is 10.2. The van der Waals surface area contributed by atoms with Crippen molar-refractivity contribution in [3.8, 4) is 5.75 Å². The first-order chi connectivity index (χ1) is 11.4. The van der Waals surface area contributed by atoms with E-state index in [4.69, 9.17) is 4.74 Å². The van der Waals surface area contributed by atoms with E-state index >= 15 is 0 Å². The summed E-state index contributed by atoms with van der Waals surface area (Å²) in [6, 6.07) is 8.41. The number of halogens is 1. The SMILES string of the molecule is CC(C)Oc1ccc(CNC(=O)N(C)Cc2cccn2C)cc1F. The number of nitrogens with one attached hydrogen (secondary N) is 1. The first-order valence-electron chi connectivity index (χ1n) is 7.91. The van der Waals surface area contributed by atoms with Gasteiger partial charge in [0.1, 0.15) is 0 Å². The van der Waals surface area contributed by atoms with Crippen LogP contribution in [0.15, 0.2) is 36.5 Å². The minimum absolute atomic E-state index is 0.0868. The highest BCUT2D eigenvalue weighted by atomic mass is 19.1. The highest BCUT2D eigenvalue weighted by Gasteiger charge is 2.11. The van der Waals surface area contributed by atoms with E-state index in [1.165, 1.54) is 6.07 Å². The van der Waals surface area contributed by atoms with Crippen molar-refractivity contribution in [3.05, 3.63) is 53.6 Å². The summed E-state index contributed by atoms with van der Waals surface area (Å²) >= 11 is 0. The van der Waals surface area contributed by atoms with Gasteiger partial charge in [-0.15, -0.1) is 0 Å². The molecule has 2 rings (SSSR count). The van der Waals surface area contributed by atoms with Gasteiger partial charge in [-0.3, -0.25) is 0 Å². The molecular weight excluding hydrogens is 309 g/mol. The van der Waals surface area contributed by atoms with Crippen LogP contribution in [0.4, 0.5) is 9.18 Å². The normalized spacial score (nSPS) is 10.8. The molecule has 0 radical (unpaired) electrons. The standard InChI is InChI=1S/C18H24FN3O2/c1-13(2)24-17-8-7-14(10-16(17)19)11-20-18(23)22(4)12-15-6-5-9-21(15)3/h5-10,13H,11-12H2,1-4H3,(H,20,23). The van der Waals surface area contributed by atoms with Crippen molar-refractivity contribution in [3.63, 3.8) is 0 Å². The molecule has 6 heteroatoms. The average molecular weight is 333 g/mol. The molecule has 0 atom stereocenters. The summed E-state index contributed by atoms with van der Waals surface area (Å²) in [7, 11) is 3.66. The van der Waals surface area contributed by atoms with E-state index < -0.39 is 5.82 Å². The molecule has 2 aromatic rings. The monoisotopic (exact) mass is 333 g/mol. The number of ether oxygens (including phenoxy) is 1. The Morgan fingerprint density at radius 3 is 2.71 bits per heavy atom. The fraction of sp³-hybridized carbons (Fsp3) is 0.389. The van der Waals surface area contributed by atoms with Crippen molar-refractivity contribution >= 4 is 6.03 Å². The minimum atomic E-state index is -0.424. The molecule has 24 heavy (non-hydrogen) atoms. The Labute approximate surface area is 142 Å². The predicted molar refractivity (Wildman–Crippen MR) is 91.3 cm³/mol. The third-order valence-electron chi connectivity index (χ3n) is 3.60. The topological polar surface area (TPSA) is 46.5 Å². The maximum atomic E-state index is 13.9. The molecule has 1 N–H and O–H groups in total. The zero-order valence-electron chi connectivity index (χ0n) is 14.5. The quantitative estimate of drug-likeness (QED) is 0.882. The van der Waals surface area contributed by atoms with Crippen LogP contribution in [0.1, 0.15) is 25.1 Å². The maximum absolute atomic E-state index is 13.9. The van der Waals surface area contributed by atoms with E-state index in [1.54, 1.807) is 24.1 Å². The summed E-state index contributed by atoms with van der Waals surface area (Å²) in [6.45, 7) is 4.45. The molecule has 0 aliphatic rings. The predicted octanol–water partition coefficient (Wildman–Crippen LogP) is 3.29. The zero-order chi connectivity index (χ0) is 17.7. The second kappa shape index (κ2) is 7.86. The summed E-state index contributed by atoms with van der Waals surface area (Å²) in [5.74, 6) is -0.200. The maximum Gasteiger partial charge on any atom is 0.317 e. The number of amides is 2. The lowest BCUT2D eigenvalue weighted by Gasteiger charge is -2.18. The van der Waals surface area contributed by atoms with E-state index in [0.717, 1.165) is 5.69 Å². The summed E-state index contributed by atoms with van der Waals surface area (Å²) in [5.41, 5.74) is 1.72. The van der Waals surface area contributed by atoms with Gasteiger partial charge in [-0.2, -0.15) is 0 Å². The Kier molecular flexibility index (Phi) is 5.84. The summed E-state index contributed by atoms with van der Waals surface area (Å²) in [5, 5.41) is 2.79. The van der Waals surface area contributed by atoms with Gasteiger partial charge in [-0.05, 0) is 43.7 Å². The fourth-order valence-corrected chi connectivity index (χ4v) is 2.29. The van der Waals surface area contributed by atoms with Crippen LogP contribution in [0, 0.1) is 5.82 Å². The highest BCUT2D eigenvalue weighted by molar-refractivity contribution is 5.73. The zero-order valence-corrected chi connectivity index (χ0v) is 14.5. The molecule has 0 spiro atoms. The number of nitrogens with zero attached hydrogens (tertiary/aromatic N) is 2. The lowest BCUT2D eigenvalue weighted by Crippen LogP contribution is -2.36. The van der Waals surface area contributed by atoms with Gasteiger partial charge in [0.2, 0.25) is 0 Å². The van der Waals surface area contributed by atoms with Crippen LogP contribution in [0.25, 0.3) is 0 Å².